The first-order valence-electron chi connectivity index (χ1n) is 11.4. The van der Waals surface area contributed by atoms with Crippen molar-refractivity contribution in [2.24, 2.45) is 5.92 Å². The fourth-order valence-corrected chi connectivity index (χ4v) is 4.66. The van der Waals surface area contributed by atoms with E-state index in [2.05, 4.69) is 5.32 Å². The molecule has 1 heterocycles. The van der Waals surface area contributed by atoms with Crippen molar-refractivity contribution in [3.8, 4) is 5.75 Å². The normalized spacial score (nSPS) is 22.9. The average molecular weight is 469 g/mol. The summed E-state index contributed by atoms with van der Waals surface area (Å²) >= 11 is 0. The lowest BCUT2D eigenvalue weighted by Gasteiger charge is -2.41. The second-order valence-electron chi connectivity index (χ2n) is 8.89. The first kappa shape index (κ1) is 23.9. The van der Waals surface area contributed by atoms with Crippen LogP contribution in [0, 0.1) is 11.7 Å². The summed E-state index contributed by atoms with van der Waals surface area (Å²) in [6.45, 7) is 3.23. The van der Waals surface area contributed by atoms with E-state index in [1.807, 2.05) is 18.2 Å². The molecule has 0 bridgehead atoms. The molecule has 4 atom stereocenters. The molecule has 7 nitrogen and oxygen atoms in total. The Balaban J connectivity index is 1.78. The number of rotatable bonds is 7. The molecule has 0 fully saturated rings. The first-order valence-corrected chi connectivity index (χ1v) is 11.4. The largest absolute Gasteiger partial charge is 0.486 e. The Bertz CT molecular complexity index is 1100. The number of halogens is 1. The molecule has 3 N–H and O–H groups in total. The van der Waals surface area contributed by atoms with Gasteiger partial charge in [-0.05, 0) is 18.2 Å². The fourth-order valence-electron chi connectivity index (χ4n) is 4.66. The highest BCUT2D eigenvalue weighted by Crippen LogP contribution is 2.47. The average Bonchev–Trinajstić information content (AvgIpc) is 3.22. The number of aliphatic hydroxyl groups is 2. The highest BCUT2D eigenvalue weighted by Gasteiger charge is 2.50. The summed E-state index contributed by atoms with van der Waals surface area (Å²) < 4.78 is 20.6. The van der Waals surface area contributed by atoms with Gasteiger partial charge < -0.3 is 25.2 Å². The Morgan fingerprint density at radius 1 is 1.15 bits per heavy atom. The molecule has 0 radical (unpaired) electrons. The van der Waals surface area contributed by atoms with Crippen LogP contribution >= 0.6 is 0 Å². The van der Waals surface area contributed by atoms with Crippen LogP contribution in [0.15, 0.2) is 60.2 Å². The number of para-hydroxylation sites is 1. The molecule has 0 saturated heterocycles. The molecule has 8 heteroatoms. The maximum atomic E-state index is 14.5. The van der Waals surface area contributed by atoms with Crippen molar-refractivity contribution in [3.63, 3.8) is 0 Å². The van der Waals surface area contributed by atoms with Gasteiger partial charge in [0.1, 0.15) is 23.8 Å². The van der Waals surface area contributed by atoms with E-state index in [0.717, 1.165) is 5.56 Å². The monoisotopic (exact) mass is 468 g/mol. The number of carbonyl (C=O) groups is 2. The number of nitrogens with zero attached hydrogens (tertiary/aromatic N) is 1. The van der Waals surface area contributed by atoms with Gasteiger partial charge in [-0.3, -0.25) is 9.59 Å². The van der Waals surface area contributed by atoms with Crippen molar-refractivity contribution >= 4 is 11.8 Å². The highest BCUT2D eigenvalue weighted by atomic mass is 19.1. The number of ether oxygens (including phenoxy) is 1. The van der Waals surface area contributed by atoms with Gasteiger partial charge in [-0.2, -0.15) is 0 Å². The number of amides is 2. The minimum Gasteiger partial charge on any atom is -0.486 e. The zero-order chi connectivity index (χ0) is 24.4. The number of benzene rings is 2. The Hall–Kier alpha value is -3.23. The second kappa shape index (κ2) is 9.95. The molecular weight excluding hydrogens is 439 g/mol. The Morgan fingerprint density at radius 3 is 2.56 bits per heavy atom. The maximum absolute atomic E-state index is 14.5. The Morgan fingerprint density at radius 2 is 1.85 bits per heavy atom. The summed E-state index contributed by atoms with van der Waals surface area (Å²) in [5.74, 6) is -1.55. The third kappa shape index (κ3) is 4.43. The summed E-state index contributed by atoms with van der Waals surface area (Å²) in [5, 5.41) is 23.3. The zero-order valence-electron chi connectivity index (χ0n) is 19.1. The number of hydrogen-bond acceptors (Lipinski definition) is 5. The zero-order valence-corrected chi connectivity index (χ0v) is 19.1. The van der Waals surface area contributed by atoms with Crippen LogP contribution in [0.3, 0.4) is 0 Å². The summed E-state index contributed by atoms with van der Waals surface area (Å²) in [6.07, 6.45) is -0.364. The minimum atomic E-state index is -1.15. The predicted octanol–water partition coefficient (Wildman–Crippen LogP) is 2.13. The van der Waals surface area contributed by atoms with Crippen LogP contribution in [0.1, 0.15) is 30.9 Å². The molecule has 2 amide bonds. The van der Waals surface area contributed by atoms with E-state index < -0.39 is 41.8 Å². The van der Waals surface area contributed by atoms with E-state index in [1.54, 1.807) is 44.2 Å². The van der Waals surface area contributed by atoms with Crippen molar-refractivity contribution < 1.29 is 28.9 Å². The summed E-state index contributed by atoms with van der Waals surface area (Å²) in [5.41, 5.74) is 1.42. The van der Waals surface area contributed by atoms with Gasteiger partial charge in [-0.25, -0.2) is 4.39 Å². The smallest absolute Gasteiger partial charge is 0.247 e. The molecule has 0 aromatic heterocycles. The summed E-state index contributed by atoms with van der Waals surface area (Å²) in [7, 11) is 0. The lowest BCUT2D eigenvalue weighted by Crippen LogP contribution is -2.56. The van der Waals surface area contributed by atoms with Crippen molar-refractivity contribution in [1.82, 2.24) is 10.2 Å². The number of carbonyl (C=O) groups excluding carboxylic acids is 2. The molecule has 4 rings (SSSR count). The number of aliphatic hydroxyl groups excluding tert-OH is 2. The molecule has 0 unspecified atom stereocenters. The first-order chi connectivity index (χ1) is 16.3. The van der Waals surface area contributed by atoms with Crippen LogP contribution < -0.4 is 10.1 Å². The van der Waals surface area contributed by atoms with Gasteiger partial charge in [0.15, 0.2) is 0 Å². The Labute approximate surface area is 197 Å². The van der Waals surface area contributed by atoms with Gasteiger partial charge in [0.25, 0.3) is 0 Å². The second-order valence-corrected chi connectivity index (χ2v) is 8.89. The molecule has 2 aromatic rings. The molecule has 1 aliphatic carbocycles. The highest BCUT2D eigenvalue weighted by molar-refractivity contribution is 5.96. The molecule has 0 saturated carbocycles. The number of nitrogens with one attached hydrogen (secondary N) is 1. The van der Waals surface area contributed by atoms with Gasteiger partial charge in [0.05, 0.1) is 18.6 Å². The van der Waals surface area contributed by atoms with E-state index in [0.29, 0.717) is 16.9 Å². The maximum Gasteiger partial charge on any atom is 0.247 e. The third-order valence-electron chi connectivity index (χ3n) is 6.31. The van der Waals surface area contributed by atoms with Crippen LogP contribution in [0.25, 0.3) is 0 Å². The SMILES string of the molecule is CC(C)C(=O)N(Cc1ccccc1F)[C@@H]1C=C(C(=O)NCCO)[C@@H]2c3ccccc3O[C@@H]2[C@H]1O. The molecule has 1 aliphatic heterocycles. The van der Waals surface area contributed by atoms with Gasteiger partial charge in [-0.1, -0.05) is 50.2 Å². The van der Waals surface area contributed by atoms with Crippen LogP contribution in [0.2, 0.25) is 0 Å². The molecule has 2 aromatic carbocycles. The van der Waals surface area contributed by atoms with Crippen LogP contribution in [0.4, 0.5) is 4.39 Å². The number of fused-ring (bicyclic) bond motifs is 3. The topological polar surface area (TPSA) is 99.1 Å². The standard InChI is InChI=1S/C26H29FN2O5/c1-15(2)26(33)29(14-16-7-3-5-9-19(16)27)20-13-18(25(32)28-11-12-30)22-17-8-4-6-10-21(17)34-24(22)23(20)31/h3-10,13,15,20,22-24,30-31H,11-12,14H2,1-2H3,(H,28,32)/t20-,22+,23+,24+/m1/s1. The minimum absolute atomic E-state index is 0.0626. The van der Waals surface area contributed by atoms with Crippen LogP contribution in [-0.4, -0.2) is 58.3 Å². The van der Waals surface area contributed by atoms with Crippen LogP contribution in [-0.2, 0) is 16.1 Å². The Kier molecular flexibility index (Phi) is 7.00. The predicted molar refractivity (Wildman–Crippen MR) is 123 cm³/mol. The van der Waals surface area contributed by atoms with Crippen molar-refractivity contribution in [2.75, 3.05) is 13.2 Å². The van der Waals surface area contributed by atoms with Gasteiger partial charge in [-0.15, -0.1) is 0 Å². The lowest BCUT2D eigenvalue weighted by molar-refractivity contribution is -0.141. The molecule has 34 heavy (non-hydrogen) atoms. The van der Waals surface area contributed by atoms with E-state index in [1.165, 1.54) is 11.0 Å². The molecular formula is C26H29FN2O5. The lowest BCUT2D eigenvalue weighted by atomic mass is 9.77. The van der Waals surface area contributed by atoms with Crippen molar-refractivity contribution in [1.29, 1.82) is 0 Å². The van der Waals surface area contributed by atoms with Crippen molar-refractivity contribution in [2.45, 2.75) is 44.6 Å². The van der Waals surface area contributed by atoms with E-state index in [4.69, 9.17) is 4.74 Å². The van der Waals surface area contributed by atoms with E-state index in [-0.39, 0.29) is 25.6 Å². The van der Waals surface area contributed by atoms with Crippen LogP contribution in [0.5, 0.6) is 5.75 Å². The third-order valence-corrected chi connectivity index (χ3v) is 6.31. The van der Waals surface area contributed by atoms with Gasteiger partial charge in [0.2, 0.25) is 11.8 Å². The number of hydrogen-bond donors (Lipinski definition) is 3. The molecule has 0 spiro atoms. The summed E-state index contributed by atoms with van der Waals surface area (Å²) in [4.78, 5) is 27.8. The summed E-state index contributed by atoms with van der Waals surface area (Å²) in [6, 6.07) is 12.5. The molecule has 180 valence electrons. The fraction of sp³-hybridized carbons (Fsp3) is 0.385. The van der Waals surface area contributed by atoms with Gasteiger partial charge >= 0.3 is 0 Å². The van der Waals surface area contributed by atoms with E-state index >= 15 is 0 Å². The van der Waals surface area contributed by atoms with Gasteiger partial charge in [0, 0.05) is 35.7 Å². The molecule has 2 aliphatic rings. The van der Waals surface area contributed by atoms with Crippen molar-refractivity contribution in [3.05, 3.63) is 77.1 Å². The quantitative estimate of drug-likeness (QED) is 0.578. The van der Waals surface area contributed by atoms with E-state index in [9.17, 15) is 24.2 Å².